The molecule has 0 saturated carbocycles. The molecule has 0 amide bonds. The summed E-state index contributed by atoms with van der Waals surface area (Å²) in [6.07, 6.45) is -0.0945. The highest BCUT2D eigenvalue weighted by Gasteiger charge is 2.35. The number of aliphatic hydroxyl groups is 1. The predicted octanol–water partition coefficient (Wildman–Crippen LogP) is 3.68. The van der Waals surface area contributed by atoms with Gasteiger partial charge in [-0.1, -0.05) is 12.1 Å². The van der Waals surface area contributed by atoms with Crippen LogP contribution in [0.4, 0.5) is 17.6 Å². The average Bonchev–Trinajstić information content (AvgIpc) is 2.28. The van der Waals surface area contributed by atoms with Gasteiger partial charge in [0.05, 0.1) is 11.7 Å². The van der Waals surface area contributed by atoms with Crippen LogP contribution in [0.15, 0.2) is 18.2 Å². The first-order chi connectivity index (χ1) is 8.38. The lowest BCUT2D eigenvalue weighted by molar-refractivity contribution is -0.140. The molecule has 5 heteroatoms. The van der Waals surface area contributed by atoms with Crippen LogP contribution in [-0.4, -0.2) is 5.11 Å². The maximum Gasteiger partial charge on any atom is 0.419 e. The third-order valence-corrected chi connectivity index (χ3v) is 2.49. The number of aliphatic hydroxyl groups excluding tert-OH is 1. The second kappa shape index (κ2) is 5.87. The summed E-state index contributed by atoms with van der Waals surface area (Å²) in [4.78, 5) is 0. The molecule has 0 aromatic heterocycles. The van der Waals surface area contributed by atoms with E-state index in [9.17, 15) is 22.7 Å². The SMILES string of the molecule is C#CCCCC(O)c1cccc(C(F)(F)F)c1F. The van der Waals surface area contributed by atoms with Crippen molar-refractivity contribution in [3.63, 3.8) is 0 Å². The van der Waals surface area contributed by atoms with Gasteiger partial charge in [-0.3, -0.25) is 0 Å². The van der Waals surface area contributed by atoms with Crippen molar-refractivity contribution >= 4 is 0 Å². The molecule has 1 aromatic rings. The molecule has 0 fully saturated rings. The van der Waals surface area contributed by atoms with Crippen LogP contribution in [0.25, 0.3) is 0 Å². The molecule has 0 bridgehead atoms. The number of benzene rings is 1. The van der Waals surface area contributed by atoms with Crippen molar-refractivity contribution < 1.29 is 22.7 Å². The Morgan fingerprint density at radius 2 is 2.00 bits per heavy atom. The molecular formula is C13H12F4O. The number of rotatable bonds is 4. The lowest BCUT2D eigenvalue weighted by Gasteiger charge is -2.15. The van der Waals surface area contributed by atoms with Crippen LogP contribution >= 0.6 is 0 Å². The van der Waals surface area contributed by atoms with E-state index in [1.165, 1.54) is 0 Å². The van der Waals surface area contributed by atoms with Crippen LogP contribution in [0.5, 0.6) is 0 Å². The molecule has 1 unspecified atom stereocenters. The lowest BCUT2D eigenvalue weighted by Crippen LogP contribution is -2.11. The molecule has 1 nitrogen and oxygen atoms in total. The zero-order valence-electron chi connectivity index (χ0n) is 9.47. The normalized spacial score (nSPS) is 13.1. The molecule has 1 atom stereocenters. The average molecular weight is 260 g/mol. The third-order valence-electron chi connectivity index (χ3n) is 2.49. The lowest BCUT2D eigenvalue weighted by atomic mass is 10.0. The summed E-state index contributed by atoms with van der Waals surface area (Å²) in [5.41, 5.74) is -1.71. The van der Waals surface area contributed by atoms with Gasteiger partial charge in [0, 0.05) is 12.0 Å². The molecule has 0 aliphatic heterocycles. The third kappa shape index (κ3) is 3.47. The fraction of sp³-hybridized carbons (Fsp3) is 0.385. The van der Waals surface area contributed by atoms with Gasteiger partial charge >= 0.3 is 6.18 Å². The number of terminal acetylenes is 1. The molecule has 0 aliphatic carbocycles. The minimum absolute atomic E-state index is 0.127. The number of hydrogen-bond acceptors (Lipinski definition) is 1. The monoisotopic (exact) mass is 260 g/mol. The van der Waals surface area contributed by atoms with Crippen LogP contribution in [0.1, 0.15) is 36.5 Å². The molecule has 1 aromatic carbocycles. The predicted molar refractivity (Wildman–Crippen MR) is 59.0 cm³/mol. The first-order valence-corrected chi connectivity index (χ1v) is 5.35. The number of hydrogen-bond donors (Lipinski definition) is 1. The van der Waals surface area contributed by atoms with Gasteiger partial charge in [-0.15, -0.1) is 12.3 Å². The summed E-state index contributed by atoms with van der Waals surface area (Å²) in [5, 5.41) is 9.64. The van der Waals surface area contributed by atoms with Gasteiger partial charge in [0.25, 0.3) is 0 Å². The maximum absolute atomic E-state index is 13.6. The molecular weight excluding hydrogens is 248 g/mol. The minimum atomic E-state index is -4.77. The van der Waals surface area contributed by atoms with Crippen molar-refractivity contribution in [2.24, 2.45) is 0 Å². The first kappa shape index (κ1) is 14.5. The smallest absolute Gasteiger partial charge is 0.388 e. The second-order valence-electron chi connectivity index (χ2n) is 3.82. The van der Waals surface area contributed by atoms with Crippen molar-refractivity contribution in [3.8, 4) is 12.3 Å². The Bertz CT molecular complexity index is 445. The first-order valence-electron chi connectivity index (χ1n) is 5.35. The molecule has 18 heavy (non-hydrogen) atoms. The molecule has 1 N–H and O–H groups in total. The number of unbranched alkanes of at least 4 members (excludes halogenated alkanes) is 1. The van der Waals surface area contributed by atoms with E-state index in [4.69, 9.17) is 6.42 Å². The van der Waals surface area contributed by atoms with E-state index in [1.54, 1.807) is 0 Å². The van der Waals surface area contributed by atoms with E-state index in [0.29, 0.717) is 18.9 Å². The summed E-state index contributed by atoms with van der Waals surface area (Å²) in [6.45, 7) is 0. The van der Waals surface area contributed by atoms with E-state index in [-0.39, 0.29) is 12.0 Å². The van der Waals surface area contributed by atoms with Crippen molar-refractivity contribution in [1.82, 2.24) is 0 Å². The fourth-order valence-corrected chi connectivity index (χ4v) is 1.58. The molecule has 0 radical (unpaired) electrons. The van der Waals surface area contributed by atoms with Crippen molar-refractivity contribution in [2.45, 2.75) is 31.5 Å². The Labute approximate surface area is 102 Å². The molecule has 0 spiro atoms. The zero-order valence-corrected chi connectivity index (χ0v) is 9.47. The van der Waals surface area contributed by atoms with Crippen LogP contribution in [0.2, 0.25) is 0 Å². The molecule has 0 saturated heterocycles. The van der Waals surface area contributed by atoms with Crippen molar-refractivity contribution in [1.29, 1.82) is 0 Å². The van der Waals surface area contributed by atoms with Gasteiger partial charge in [0.15, 0.2) is 0 Å². The highest BCUT2D eigenvalue weighted by molar-refractivity contribution is 5.29. The maximum atomic E-state index is 13.6. The summed E-state index contributed by atoms with van der Waals surface area (Å²) in [7, 11) is 0. The van der Waals surface area contributed by atoms with E-state index in [1.807, 2.05) is 0 Å². The van der Waals surface area contributed by atoms with Gasteiger partial charge < -0.3 is 5.11 Å². The second-order valence-corrected chi connectivity index (χ2v) is 3.82. The van der Waals surface area contributed by atoms with E-state index in [2.05, 4.69) is 5.92 Å². The Hall–Kier alpha value is -1.54. The van der Waals surface area contributed by atoms with E-state index in [0.717, 1.165) is 12.1 Å². The highest BCUT2D eigenvalue weighted by atomic mass is 19.4. The van der Waals surface area contributed by atoms with Gasteiger partial charge in [0.2, 0.25) is 0 Å². The Morgan fingerprint density at radius 1 is 1.33 bits per heavy atom. The number of alkyl halides is 3. The van der Waals surface area contributed by atoms with Gasteiger partial charge in [-0.2, -0.15) is 13.2 Å². The van der Waals surface area contributed by atoms with Crippen molar-refractivity contribution in [3.05, 3.63) is 35.1 Å². The summed E-state index contributed by atoms with van der Waals surface area (Å²) >= 11 is 0. The number of halogens is 4. The van der Waals surface area contributed by atoms with Crippen LogP contribution in [0.3, 0.4) is 0 Å². The van der Waals surface area contributed by atoms with E-state index >= 15 is 0 Å². The highest BCUT2D eigenvalue weighted by Crippen LogP contribution is 2.34. The molecule has 0 aliphatic rings. The summed E-state index contributed by atoms with van der Waals surface area (Å²) < 4.78 is 51.0. The standard InChI is InChI=1S/C13H12F4O/c1-2-3-4-8-11(18)9-6-5-7-10(12(9)14)13(15,16)17/h1,5-7,11,18H,3-4,8H2. The van der Waals surface area contributed by atoms with Crippen LogP contribution in [0, 0.1) is 18.2 Å². The molecule has 98 valence electrons. The topological polar surface area (TPSA) is 20.2 Å². The zero-order chi connectivity index (χ0) is 13.8. The quantitative estimate of drug-likeness (QED) is 0.497. The van der Waals surface area contributed by atoms with E-state index < -0.39 is 23.7 Å². The van der Waals surface area contributed by atoms with Gasteiger partial charge in [0.1, 0.15) is 5.82 Å². The fourth-order valence-electron chi connectivity index (χ4n) is 1.58. The minimum Gasteiger partial charge on any atom is -0.388 e. The Kier molecular flexibility index (Phi) is 4.74. The molecule has 0 heterocycles. The molecule has 1 rings (SSSR count). The van der Waals surface area contributed by atoms with Crippen molar-refractivity contribution in [2.75, 3.05) is 0 Å². The van der Waals surface area contributed by atoms with Crippen LogP contribution in [-0.2, 0) is 6.18 Å². The summed E-state index contributed by atoms with van der Waals surface area (Å²) in [6, 6.07) is 2.86. The Balaban J connectivity index is 2.94. The van der Waals surface area contributed by atoms with Gasteiger partial charge in [-0.25, -0.2) is 4.39 Å². The van der Waals surface area contributed by atoms with Crippen LogP contribution < -0.4 is 0 Å². The summed E-state index contributed by atoms with van der Waals surface area (Å²) in [5.74, 6) is 0.922. The van der Waals surface area contributed by atoms with Gasteiger partial charge in [-0.05, 0) is 18.9 Å². The largest absolute Gasteiger partial charge is 0.419 e. The Morgan fingerprint density at radius 3 is 2.56 bits per heavy atom.